The van der Waals surface area contributed by atoms with Gasteiger partial charge in [0.25, 0.3) is 0 Å². The smallest absolute Gasteiger partial charge is 0.0479 e. The van der Waals surface area contributed by atoms with E-state index in [-0.39, 0.29) is 21.7 Å². The number of fused-ring (bicyclic) bond motifs is 2. The van der Waals surface area contributed by atoms with Crippen molar-refractivity contribution in [1.29, 1.82) is 0 Å². The zero-order chi connectivity index (χ0) is 30.1. The monoisotopic (exact) mass is 581 g/mol. The second-order valence-electron chi connectivity index (χ2n) is 16.4. The van der Waals surface area contributed by atoms with Crippen molar-refractivity contribution in [3.05, 3.63) is 87.4 Å². The Morgan fingerprint density at radius 3 is 1.45 bits per heavy atom. The maximum Gasteiger partial charge on any atom is 0.0479 e. The van der Waals surface area contributed by atoms with E-state index in [1.165, 1.54) is 103 Å². The molecule has 224 valence electrons. The van der Waals surface area contributed by atoms with E-state index in [4.69, 9.17) is 11.6 Å². The lowest BCUT2D eigenvalue weighted by Gasteiger charge is -2.43. The van der Waals surface area contributed by atoms with Crippen LogP contribution in [-0.4, -0.2) is 0 Å². The van der Waals surface area contributed by atoms with Crippen molar-refractivity contribution < 1.29 is 0 Å². The Labute approximate surface area is 261 Å². The summed E-state index contributed by atoms with van der Waals surface area (Å²) in [6.45, 7) is 19.4. The second kappa shape index (κ2) is 10.4. The van der Waals surface area contributed by atoms with Gasteiger partial charge in [-0.25, -0.2) is 0 Å². The van der Waals surface area contributed by atoms with E-state index in [0.717, 1.165) is 5.02 Å². The number of benzene rings is 3. The van der Waals surface area contributed by atoms with Gasteiger partial charge in [-0.15, -0.1) is 0 Å². The van der Waals surface area contributed by atoms with Gasteiger partial charge in [-0.05, 0) is 136 Å². The molecule has 3 aliphatic carbocycles. The summed E-state index contributed by atoms with van der Waals surface area (Å²) < 4.78 is 0. The van der Waals surface area contributed by atoms with Gasteiger partial charge in [-0.2, -0.15) is 0 Å². The van der Waals surface area contributed by atoms with Gasteiger partial charge >= 0.3 is 0 Å². The van der Waals surface area contributed by atoms with E-state index >= 15 is 0 Å². The molecule has 0 heterocycles. The van der Waals surface area contributed by atoms with Crippen LogP contribution >= 0.6 is 11.6 Å². The van der Waals surface area contributed by atoms with Gasteiger partial charge in [0.05, 0.1) is 0 Å². The molecule has 1 nitrogen and oxygen atoms in total. The summed E-state index contributed by atoms with van der Waals surface area (Å²) in [4.78, 5) is 2.51. The van der Waals surface area contributed by atoms with Crippen molar-refractivity contribution in [2.45, 2.75) is 141 Å². The summed E-state index contributed by atoms with van der Waals surface area (Å²) >= 11 is 6.96. The first-order valence-corrected chi connectivity index (χ1v) is 17.0. The van der Waals surface area contributed by atoms with Crippen molar-refractivity contribution in [1.82, 2.24) is 0 Å². The third-order valence-corrected chi connectivity index (χ3v) is 11.6. The van der Waals surface area contributed by atoms with E-state index in [1.54, 1.807) is 0 Å². The van der Waals surface area contributed by atoms with Crippen LogP contribution < -0.4 is 4.90 Å². The molecular formula is C40H52ClN. The van der Waals surface area contributed by atoms with E-state index in [1.807, 2.05) is 0 Å². The summed E-state index contributed by atoms with van der Waals surface area (Å²) in [5, 5.41) is 0.844. The van der Waals surface area contributed by atoms with Gasteiger partial charge in [-0.3, -0.25) is 0 Å². The second-order valence-corrected chi connectivity index (χ2v) is 16.8. The van der Waals surface area contributed by atoms with Crippen LogP contribution in [0.25, 0.3) is 0 Å². The quantitative estimate of drug-likeness (QED) is 0.296. The minimum atomic E-state index is 0.149. The maximum atomic E-state index is 6.96. The summed E-state index contributed by atoms with van der Waals surface area (Å²) in [6.07, 6.45) is 11.4. The fourth-order valence-electron chi connectivity index (χ4n) is 8.28. The molecule has 0 bridgehead atoms. The largest absolute Gasteiger partial charge is 0.310 e. The molecular weight excluding hydrogens is 530 g/mol. The zero-order valence-corrected chi connectivity index (χ0v) is 28.2. The molecule has 0 aliphatic heterocycles. The number of hydrogen-bond acceptors (Lipinski definition) is 1. The van der Waals surface area contributed by atoms with Gasteiger partial charge in [0.15, 0.2) is 0 Å². The topological polar surface area (TPSA) is 3.24 Å². The van der Waals surface area contributed by atoms with Crippen LogP contribution in [-0.2, 0) is 21.7 Å². The molecule has 6 rings (SSSR count). The van der Waals surface area contributed by atoms with E-state index in [0.29, 0.717) is 5.92 Å². The van der Waals surface area contributed by atoms with E-state index in [9.17, 15) is 0 Å². The maximum absolute atomic E-state index is 6.96. The zero-order valence-electron chi connectivity index (χ0n) is 27.5. The number of anilines is 3. The summed E-state index contributed by atoms with van der Waals surface area (Å²) in [6, 6.07) is 21.5. The average Bonchev–Trinajstić information content (AvgIpc) is 2.94. The van der Waals surface area contributed by atoms with Gasteiger partial charge in [0, 0.05) is 22.1 Å². The predicted octanol–water partition coefficient (Wildman–Crippen LogP) is 12.6. The highest BCUT2D eigenvalue weighted by molar-refractivity contribution is 6.31. The molecule has 1 saturated carbocycles. The lowest BCUT2D eigenvalue weighted by molar-refractivity contribution is 0.332. The van der Waals surface area contributed by atoms with Crippen LogP contribution in [0.3, 0.4) is 0 Å². The summed E-state index contributed by atoms with van der Waals surface area (Å²) in [5.41, 5.74) is 11.8. The molecule has 2 heteroatoms. The molecule has 0 radical (unpaired) electrons. The minimum Gasteiger partial charge on any atom is -0.310 e. The number of nitrogens with zero attached hydrogens (tertiary/aromatic N) is 1. The summed E-state index contributed by atoms with van der Waals surface area (Å²) in [5.74, 6) is 0.601. The first-order chi connectivity index (χ1) is 19.7. The molecule has 0 unspecified atom stereocenters. The average molecular weight is 582 g/mol. The van der Waals surface area contributed by atoms with Crippen LogP contribution in [0.15, 0.2) is 54.6 Å². The molecule has 0 saturated heterocycles. The summed E-state index contributed by atoms with van der Waals surface area (Å²) in [7, 11) is 0. The van der Waals surface area contributed by atoms with Crippen molar-refractivity contribution in [2.75, 3.05) is 4.90 Å². The minimum absolute atomic E-state index is 0.149. The lowest BCUT2D eigenvalue weighted by atomic mass is 9.63. The molecule has 0 aromatic heterocycles. The number of halogens is 1. The van der Waals surface area contributed by atoms with Crippen molar-refractivity contribution in [3.63, 3.8) is 0 Å². The molecule has 0 spiro atoms. The van der Waals surface area contributed by atoms with Crippen molar-refractivity contribution in [2.24, 2.45) is 0 Å². The van der Waals surface area contributed by atoms with Crippen LogP contribution in [0, 0.1) is 0 Å². The van der Waals surface area contributed by atoms with Crippen LogP contribution in [0.5, 0.6) is 0 Å². The Balaban J connectivity index is 1.56. The van der Waals surface area contributed by atoms with Gasteiger partial charge in [0.2, 0.25) is 0 Å². The molecule has 1 fully saturated rings. The Hall–Kier alpha value is -2.25. The third-order valence-electron chi connectivity index (χ3n) is 11.4. The highest BCUT2D eigenvalue weighted by atomic mass is 35.5. The molecule has 0 N–H and O–H groups in total. The third kappa shape index (κ3) is 5.34. The molecule has 3 aromatic carbocycles. The number of hydrogen-bond donors (Lipinski definition) is 0. The van der Waals surface area contributed by atoms with Gasteiger partial charge in [0.1, 0.15) is 0 Å². The Morgan fingerprint density at radius 1 is 0.524 bits per heavy atom. The molecule has 0 atom stereocenters. The Morgan fingerprint density at radius 2 is 0.976 bits per heavy atom. The van der Waals surface area contributed by atoms with Crippen LogP contribution in [0.2, 0.25) is 5.02 Å². The highest BCUT2D eigenvalue weighted by Crippen LogP contribution is 2.51. The Bertz CT molecular complexity index is 1400. The normalized spacial score (nSPS) is 22.2. The van der Waals surface area contributed by atoms with Crippen LogP contribution in [0.1, 0.15) is 147 Å². The predicted molar refractivity (Wildman–Crippen MR) is 183 cm³/mol. The fraction of sp³-hybridized carbons (Fsp3) is 0.550. The standard InChI is InChI=1S/C40H52ClN/c1-37(2)18-20-39(5,6)35-25-30(14-16-33(35)37)42(32-23-28(22-29(41)24-32)27-12-10-9-11-13-27)31-15-17-34-36(26-31)40(7,8)21-19-38(34,3)4/h14-17,22-27H,9-13,18-21H2,1-8H3. The first-order valence-electron chi connectivity index (χ1n) is 16.6. The first kappa shape index (κ1) is 29.8. The van der Waals surface area contributed by atoms with E-state index in [2.05, 4.69) is 115 Å². The Kier molecular flexibility index (Phi) is 7.40. The highest BCUT2D eigenvalue weighted by Gasteiger charge is 2.39. The van der Waals surface area contributed by atoms with E-state index < -0.39 is 0 Å². The van der Waals surface area contributed by atoms with Crippen molar-refractivity contribution in [3.8, 4) is 0 Å². The van der Waals surface area contributed by atoms with Crippen molar-refractivity contribution >= 4 is 28.7 Å². The molecule has 0 amide bonds. The lowest BCUT2D eigenvalue weighted by Crippen LogP contribution is -2.34. The molecule has 3 aliphatic rings. The SMILES string of the molecule is CC1(C)CCC(C)(C)c2cc(N(c3cc(Cl)cc(C4CCCCC4)c3)c3ccc4c(c3)C(C)(C)CCC4(C)C)ccc21. The van der Waals surface area contributed by atoms with Crippen LogP contribution in [0.4, 0.5) is 17.1 Å². The number of rotatable bonds is 4. The molecule has 3 aromatic rings. The fourth-order valence-corrected chi connectivity index (χ4v) is 8.51. The molecule has 42 heavy (non-hydrogen) atoms. The van der Waals surface area contributed by atoms with Gasteiger partial charge in [-0.1, -0.05) is 98.4 Å². The van der Waals surface area contributed by atoms with Gasteiger partial charge < -0.3 is 4.90 Å².